The Balaban J connectivity index is 2.21. The molecule has 0 radical (unpaired) electrons. The van der Waals surface area contributed by atoms with Gasteiger partial charge in [0.05, 0.1) is 12.6 Å². The van der Waals surface area contributed by atoms with Gasteiger partial charge in [0.1, 0.15) is 11.5 Å². The monoisotopic (exact) mass is 255 g/mol. The molecule has 0 saturated heterocycles. The molecule has 19 heavy (non-hydrogen) atoms. The van der Waals surface area contributed by atoms with Crippen molar-refractivity contribution >= 4 is 17.1 Å². The SMILES string of the molecule is COC(=O)c1cc2oc(C)c(-c3ccccc3)c2[nH]1. The zero-order valence-corrected chi connectivity index (χ0v) is 10.7. The molecular weight excluding hydrogens is 242 g/mol. The number of carbonyl (C=O) groups is 1. The molecule has 0 saturated carbocycles. The fraction of sp³-hybridized carbons (Fsp3) is 0.133. The summed E-state index contributed by atoms with van der Waals surface area (Å²) in [6, 6.07) is 11.6. The van der Waals surface area contributed by atoms with Gasteiger partial charge in [-0.25, -0.2) is 4.79 Å². The predicted molar refractivity (Wildman–Crippen MR) is 72.1 cm³/mol. The van der Waals surface area contributed by atoms with Gasteiger partial charge >= 0.3 is 5.97 Å². The van der Waals surface area contributed by atoms with Crippen LogP contribution in [-0.4, -0.2) is 18.1 Å². The zero-order valence-electron chi connectivity index (χ0n) is 10.7. The van der Waals surface area contributed by atoms with Gasteiger partial charge in [-0.3, -0.25) is 0 Å². The molecule has 0 fully saturated rings. The number of H-pyrrole nitrogens is 1. The summed E-state index contributed by atoms with van der Waals surface area (Å²) in [6.07, 6.45) is 0. The van der Waals surface area contributed by atoms with E-state index in [1.807, 2.05) is 37.3 Å². The van der Waals surface area contributed by atoms with Crippen LogP contribution in [0.1, 0.15) is 16.2 Å². The minimum absolute atomic E-state index is 0.397. The lowest BCUT2D eigenvalue weighted by Crippen LogP contribution is -2.00. The highest BCUT2D eigenvalue weighted by Gasteiger charge is 2.18. The van der Waals surface area contributed by atoms with Crippen LogP contribution >= 0.6 is 0 Å². The molecule has 4 nitrogen and oxygen atoms in total. The molecular formula is C15H13NO3. The first-order chi connectivity index (χ1) is 9.20. The van der Waals surface area contributed by atoms with Gasteiger partial charge in [0, 0.05) is 11.6 Å². The summed E-state index contributed by atoms with van der Waals surface area (Å²) in [5, 5.41) is 0. The first-order valence-corrected chi connectivity index (χ1v) is 5.96. The maximum Gasteiger partial charge on any atom is 0.354 e. The van der Waals surface area contributed by atoms with E-state index < -0.39 is 5.97 Å². The molecule has 3 aromatic rings. The number of aromatic amines is 1. The van der Waals surface area contributed by atoms with Crippen molar-refractivity contribution in [2.75, 3.05) is 7.11 Å². The lowest BCUT2D eigenvalue weighted by Gasteiger charge is -1.99. The Kier molecular flexibility index (Phi) is 2.63. The van der Waals surface area contributed by atoms with Crippen molar-refractivity contribution in [2.24, 2.45) is 0 Å². The largest absolute Gasteiger partial charge is 0.464 e. The fourth-order valence-corrected chi connectivity index (χ4v) is 2.27. The van der Waals surface area contributed by atoms with Crippen molar-refractivity contribution in [1.29, 1.82) is 0 Å². The third-order valence-corrected chi connectivity index (χ3v) is 3.11. The van der Waals surface area contributed by atoms with Gasteiger partial charge in [0.15, 0.2) is 5.58 Å². The summed E-state index contributed by atoms with van der Waals surface area (Å²) in [6.45, 7) is 1.91. The van der Waals surface area contributed by atoms with Crippen LogP contribution in [0.3, 0.4) is 0 Å². The zero-order chi connectivity index (χ0) is 13.4. The molecule has 0 bridgehead atoms. The number of carbonyl (C=O) groups excluding carboxylic acids is 1. The molecule has 0 aliphatic heterocycles. The number of furan rings is 1. The van der Waals surface area contributed by atoms with E-state index in [9.17, 15) is 4.79 Å². The Hall–Kier alpha value is -2.49. The van der Waals surface area contributed by atoms with Gasteiger partial charge in [0.2, 0.25) is 0 Å². The van der Waals surface area contributed by atoms with Crippen molar-refractivity contribution in [1.82, 2.24) is 4.98 Å². The number of hydrogen-bond acceptors (Lipinski definition) is 3. The van der Waals surface area contributed by atoms with Crippen LogP contribution in [-0.2, 0) is 4.74 Å². The Bertz CT molecular complexity index is 737. The summed E-state index contributed by atoms with van der Waals surface area (Å²) in [7, 11) is 1.36. The highest BCUT2D eigenvalue weighted by molar-refractivity contribution is 5.99. The number of nitrogens with one attached hydrogen (secondary N) is 1. The molecule has 4 heteroatoms. The van der Waals surface area contributed by atoms with Crippen molar-refractivity contribution < 1.29 is 13.9 Å². The van der Waals surface area contributed by atoms with Crippen molar-refractivity contribution in [3.8, 4) is 11.1 Å². The summed E-state index contributed by atoms with van der Waals surface area (Å²) < 4.78 is 10.4. The van der Waals surface area contributed by atoms with Crippen molar-refractivity contribution in [2.45, 2.75) is 6.92 Å². The van der Waals surface area contributed by atoms with E-state index in [2.05, 4.69) is 4.98 Å². The van der Waals surface area contributed by atoms with E-state index in [1.165, 1.54) is 7.11 Å². The number of methoxy groups -OCH3 is 1. The number of aryl methyl sites for hydroxylation is 1. The molecule has 1 N–H and O–H groups in total. The topological polar surface area (TPSA) is 55.2 Å². The second-order valence-corrected chi connectivity index (χ2v) is 4.31. The summed E-state index contributed by atoms with van der Waals surface area (Å²) in [4.78, 5) is 14.6. The number of fused-ring (bicyclic) bond motifs is 1. The normalized spacial score (nSPS) is 10.8. The Morgan fingerprint density at radius 1 is 1.26 bits per heavy atom. The number of aromatic nitrogens is 1. The number of rotatable bonds is 2. The van der Waals surface area contributed by atoms with E-state index in [-0.39, 0.29) is 0 Å². The smallest absolute Gasteiger partial charge is 0.354 e. The molecule has 0 aliphatic carbocycles. The average molecular weight is 255 g/mol. The molecule has 0 spiro atoms. The fourth-order valence-electron chi connectivity index (χ4n) is 2.27. The Labute approximate surface area is 110 Å². The van der Waals surface area contributed by atoms with E-state index in [4.69, 9.17) is 9.15 Å². The average Bonchev–Trinajstić information content (AvgIpc) is 2.95. The first kappa shape index (κ1) is 11.6. The third kappa shape index (κ3) is 1.81. The maximum absolute atomic E-state index is 11.5. The van der Waals surface area contributed by atoms with Crippen LogP contribution in [0.25, 0.3) is 22.2 Å². The van der Waals surface area contributed by atoms with Gasteiger partial charge in [0.25, 0.3) is 0 Å². The van der Waals surface area contributed by atoms with Crippen LogP contribution in [0, 0.1) is 6.92 Å². The van der Waals surface area contributed by atoms with Gasteiger partial charge in [-0.1, -0.05) is 30.3 Å². The molecule has 1 aromatic carbocycles. The first-order valence-electron chi connectivity index (χ1n) is 5.96. The molecule has 0 unspecified atom stereocenters. The third-order valence-electron chi connectivity index (χ3n) is 3.11. The Morgan fingerprint density at radius 2 is 2.00 bits per heavy atom. The Morgan fingerprint density at radius 3 is 2.68 bits per heavy atom. The lowest BCUT2D eigenvalue weighted by molar-refractivity contribution is 0.0595. The molecule has 96 valence electrons. The highest BCUT2D eigenvalue weighted by atomic mass is 16.5. The molecule has 0 aliphatic rings. The van der Waals surface area contributed by atoms with Gasteiger partial charge in [-0.2, -0.15) is 0 Å². The van der Waals surface area contributed by atoms with Crippen LogP contribution in [0.15, 0.2) is 40.8 Å². The number of ether oxygens (including phenoxy) is 1. The summed E-state index contributed by atoms with van der Waals surface area (Å²) in [5.41, 5.74) is 3.91. The predicted octanol–water partition coefficient (Wildman–Crippen LogP) is 3.52. The maximum atomic E-state index is 11.5. The van der Waals surface area contributed by atoms with Crippen LogP contribution in [0.2, 0.25) is 0 Å². The quantitative estimate of drug-likeness (QED) is 0.713. The van der Waals surface area contributed by atoms with Gasteiger partial charge in [-0.15, -0.1) is 0 Å². The standard InChI is InChI=1S/C15H13NO3/c1-9-13(10-6-4-3-5-7-10)14-12(19-9)8-11(16-14)15(17)18-2/h3-8,16H,1-2H3. The van der Waals surface area contributed by atoms with Gasteiger partial charge < -0.3 is 14.1 Å². The van der Waals surface area contributed by atoms with Gasteiger partial charge in [-0.05, 0) is 12.5 Å². The summed E-state index contributed by atoms with van der Waals surface area (Å²) >= 11 is 0. The second kappa shape index (κ2) is 4.31. The van der Waals surface area contributed by atoms with Crippen molar-refractivity contribution in [3.05, 3.63) is 47.9 Å². The van der Waals surface area contributed by atoms with E-state index in [1.54, 1.807) is 6.07 Å². The molecule has 3 rings (SSSR count). The van der Waals surface area contributed by atoms with E-state index in [0.29, 0.717) is 11.3 Å². The van der Waals surface area contributed by atoms with Crippen LogP contribution in [0.5, 0.6) is 0 Å². The minimum atomic E-state index is -0.400. The lowest BCUT2D eigenvalue weighted by atomic mass is 10.1. The highest BCUT2D eigenvalue weighted by Crippen LogP contribution is 2.34. The molecule has 0 atom stereocenters. The van der Waals surface area contributed by atoms with Crippen LogP contribution < -0.4 is 0 Å². The summed E-state index contributed by atoms with van der Waals surface area (Å²) in [5.74, 6) is 0.423. The second-order valence-electron chi connectivity index (χ2n) is 4.31. The molecule has 0 amide bonds. The van der Waals surface area contributed by atoms with Crippen molar-refractivity contribution in [3.63, 3.8) is 0 Å². The van der Waals surface area contributed by atoms with E-state index >= 15 is 0 Å². The number of benzene rings is 1. The minimum Gasteiger partial charge on any atom is -0.464 e. The molecule has 2 heterocycles. The van der Waals surface area contributed by atoms with E-state index in [0.717, 1.165) is 22.4 Å². The molecule has 2 aromatic heterocycles. The number of hydrogen-bond donors (Lipinski definition) is 1. The number of esters is 1. The van der Waals surface area contributed by atoms with Crippen LogP contribution in [0.4, 0.5) is 0 Å².